The zero-order valence-corrected chi connectivity index (χ0v) is 14.3. The minimum Gasteiger partial charge on any atom is -0.497 e. The van der Waals surface area contributed by atoms with Gasteiger partial charge in [-0.1, -0.05) is 17.3 Å². The number of rotatable bonds is 8. The van der Waals surface area contributed by atoms with Crippen LogP contribution in [0.25, 0.3) is 11.4 Å². The third kappa shape index (κ3) is 5.65. The lowest BCUT2D eigenvalue weighted by Gasteiger charge is -2.13. The number of sulfone groups is 1. The van der Waals surface area contributed by atoms with Gasteiger partial charge in [0.15, 0.2) is 0 Å². The summed E-state index contributed by atoms with van der Waals surface area (Å²) in [5.41, 5.74) is 0.819. The molecule has 0 amide bonds. The molecule has 0 fully saturated rings. The van der Waals surface area contributed by atoms with Gasteiger partial charge >= 0.3 is 0 Å². The second-order valence-corrected chi connectivity index (χ2v) is 7.72. The predicted molar refractivity (Wildman–Crippen MR) is 86.9 cm³/mol. The van der Waals surface area contributed by atoms with E-state index in [1.165, 1.54) is 6.26 Å². The third-order valence-electron chi connectivity index (χ3n) is 3.26. The molecule has 0 N–H and O–H groups in total. The molecule has 8 heteroatoms. The highest BCUT2D eigenvalue weighted by molar-refractivity contribution is 7.90. The van der Waals surface area contributed by atoms with Crippen molar-refractivity contribution in [3.05, 3.63) is 30.2 Å². The Balaban J connectivity index is 1.94. The van der Waals surface area contributed by atoms with Crippen LogP contribution in [-0.4, -0.2) is 56.2 Å². The Morgan fingerprint density at radius 2 is 2.13 bits per heavy atom. The van der Waals surface area contributed by atoms with Gasteiger partial charge in [-0.15, -0.1) is 0 Å². The van der Waals surface area contributed by atoms with Gasteiger partial charge in [0, 0.05) is 11.8 Å². The van der Waals surface area contributed by atoms with E-state index in [-0.39, 0.29) is 5.75 Å². The Bertz CT molecular complexity index is 743. The summed E-state index contributed by atoms with van der Waals surface area (Å²) in [4.78, 5) is 6.31. The molecule has 0 atom stereocenters. The molecule has 0 saturated carbocycles. The monoisotopic (exact) mass is 339 g/mol. The second kappa shape index (κ2) is 7.56. The van der Waals surface area contributed by atoms with Gasteiger partial charge in [0.2, 0.25) is 11.7 Å². The van der Waals surface area contributed by atoms with Crippen molar-refractivity contribution < 1.29 is 17.7 Å². The average Bonchev–Trinajstić information content (AvgIpc) is 2.94. The average molecular weight is 339 g/mol. The summed E-state index contributed by atoms with van der Waals surface area (Å²) in [6, 6.07) is 7.43. The molecule has 2 rings (SSSR count). The van der Waals surface area contributed by atoms with E-state index in [0.29, 0.717) is 31.2 Å². The van der Waals surface area contributed by atoms with Crippen LogP contribution in [0.3, 0.4) is 0 Å². The SMILES string of the molecule is COc1cccc(-c2noc(CN(C)CCCS(C)(=O)=O)n2)c1. The van der Waals surface area contributed by atoms with Gasteiger partial charge in [-0.25, -0.2) is 8.42 Å². The van der Waals surface area contributed by atoms with E-state index < -0.39 is 9.84 Å². The minimum atomic E-state index is -2.92. The lowest BCUT2D eigenvalue weighted by Crippen LogP contribution is -2.21. The van der Waals surface area contributed by atoms with Crippen LogP contribution < -0.4 is 4.74 Å². The van der Waals surface area contributed by atoms with Gasteiger partial charge in [0.25, 0.3) is 0 Å². The Labute approximate surface area is 136 Å². The quantitative estimate of drug-likeness (QED) is 0.722. The van der Waals surface area contributed by atoms with Crippen molar-refractivity contribution in [2.24, 2.45) is 0 Å². The summed E-state index contributed by atoms with van der Waals surface area (Å²) < 4.78 is 32.7. The zero-order valence-electron chi connectivity index (χ0n) is 13.5. The van der Waals surface area contributed by atoms with E-state index in [9.17, 15) is 8.42 Å². The van der Waals surface area contributed by atoms with Crippen molar-refractivity contribution in [2.75, 3.05) is 32.7 Å². The van der Waals surface area contributed by atoms with Crippen LogP contribution in [0.15, 0.2) is 28.8 Å². The minimum absolute atomic E-state index is 0.177. The maximum Gasteiger partial charge on any atom is 0.241 e. The van der Waals surface area contributed by atoms with Crippen LogP contribution in [0.5, 0.6) is 5.75 Å². The van der Waals surface area contributed by atoms with Gasteiger partial charge in [-0.05, 0) is 32.1 Å². The van der Waals surface area contributed by atoms with Gasteiger partial charge in [-0.3, -0.25) is 4.90 Å². The van der Waals surface area contributed by atoms with Crippen molar-refractivity contribution in [3.63, 3.8) is 0 Å². The number of methoxy groups -OCH3 is 1. The Morgan fingerprint density at radius 3 is 2.83 bits per heavy atom. The molecule has 0 unspecified atom stereocenters. The molecule has 2 aromatic rings. The van der Waals surface area contributed by atoms with Crippen molar-refractivity contribution >= 4 is 9.84 Å². The van der Waals surface area contributed by atoms with Crippen LogP contribution in [0.4, 0.5) is 0 Å². The molecule has 0 bridgehead atoms. The molecule has 0 aliphatic rings. The van der Waals surface area contributed by atoms with Crippen LogP contribution in [0, 0.1) is 0 Å². The van der Waals surface area contributed by atoms with E-state index in [1.807, 2.05) is 36.2 Å². The standard InChI is InChI=1S/C15H21N3O4S/c1-18(8-5-9-23(3,19)20)11-14-16-15(17-22-14)12-6-4-7-13(10-12)21-2/h4,6-7,10H,5,8-9,11H2,1-3H3. The van der Waals surface area contributed by atoms with Crippen molar-refractivity contribution in [1.29, 1.82) is 0 Å². The fourth-order valence-corrected chi connectivity index (χ4v) is 2.76. The number of hydrogen-bond donors (Lipinski definition) is 0. The molecule has 1 aromatic heterocycles. The topological polar surface area (TPSA) is 85.5 Å². The van der Waals surface area contributed by atoms with Crippen molar-refractivity contribution in [2.45, 2.75) is 13.0 Å². The van der Waals surface area contributed by atoms with Crippen LogP contribution in [0.1, 0.15) is 12.3 Å². The molecule has 126 valence electrons. The molecule has 0 saturated heterocycles. The molecular formula is C15H21N3O4S. The summed E-state index contributed by atoms with van der Waals surface area (Å²) in [6.07, 6.45) is 1.82. The fourth-order valence-electron chi connectivity index (χ4n) is 2.11. The van der Waals surface area contributed by atoms with Crippen LogP contribution >= 0.6 is 0 Å². The highest BCUT2D eigenvalue weighted by Crippen LogP contribution is 2.21. The summed E-state index contributed by atoms with van der Waals surface area (Å²) in [6.45, 7) is 1.12. The number of benzene rings is 1. The summed E-state index contributed by atoms with van der Waals surface area (Å²) in [7, 11) is 0.569. The maximum atomic E-state index is 11.1. The van der Waals surface area contributed by atoms with E-state index >= 15 is 0 Å². The molecule has 23 heavy (non-hydrogen) atoms. The molecule has 0 spiro atoms. The second-order valence-electron chi connectivity index (χ2n) is 5.46. The molecule has 1 heterocycles. The molecular weight excluding hydrogens is 318 g/mol. The Kier molecular flexibility index (Phi) is 5.73. The first-order valence-corrected chi connectivity index (χ1v) is 9.27. The Hall–Kier alpha value is -1.93. The number of aromatic nitrogens is 2. The normalized spacial score (nSPS) is 11.8. The first-order valence-electron chi connectivity index (χ1n) is 7.20. The highest BCUT2D eigenvalue weighted by atomic mass is 32.2. The van der Waals surface area contributed by atoms with E-state index in [1.54, 1.807) is 7.11 Å². The first-order chi connectivity index (χ1) is 10.9. The smallest absolute Gasteiger partial charge is 0.241 e. The lowest BCUT2D eigenvalue weighted by atomic mass is 10.2. The van der Waals surface area contributed by atoms with Gasteiger partial charge in [0.1, 0.15) is 15.6 Å². The molecule has 0 aliphatic heterocycles. The van der Waals surface area contributed by atoms with Gasteiger partial charge < -0.3 is 9.26 Å². The van der Waals surface area contributed by atoms with Gasteiger partial charge in [0.05, 0.1) is 19.4 Å². The number of ether oxygens (including phenoxy) is 1. The van der Waals surface area contributed by atoms with Gasteiger partial charge in [-0.2, -0.15) is 4.98 Å². The molecule has 1 aromatic carbocycles. The number of nitrogens with zero attached hydrogens (tertiary/aromatic N) is 3. The van der Waals surface area contributed by atoms with Crippen LogP contribution in [0.2, 0.25) is 0 Å². The highest BCUT2D eigenvalue weighted by Gasteiger charge is 2.12. The summed E-state index contributed by atoms with van der Waals surface area (Å²) in [5.74, 6) is 1.90. The predicted octanol–water partition coefficient (Wildman–Crippen LogP) is 1.61. The van der Waals surface area contributed by atoms with E-state index in [4.69, 9.17) is 9.26 Å². The zero-order chi connectivity index (χ0) is 16.9. The van der Waals surface area contributed by atoms with E-state index in [0.717, 1.165) is 11.3 Å². The summed E-state index contributed by atoms with van der Waals surface area (Å²) in [5, 5.41) is 3.97. The first kappa shape index (κ1) is 17.4. The van der Waals surface area contributed by atoms with Crippen molar-refractivity contribution in [1.82, 2.24) is 15.0 Å². The molecule has 0 radical (unpaired) electrons. The van der Waals surface area contributed by atoms with E-state index in [2.05, 4.69) is 10.1 Å². The van der Waals surface area contributed by atoms with Crippen molar-refractivity contribution in [3.8, 4) is 17.1 Å². The largest absolute Gasteiger partial charge is 0.497 e. The summed E-state index contributed by atoms with van der Waals surface area (Å²) >= 11 is 0. The molecule has 0 aliphatic carbocycles. The third-order valence-corrected chi connectivity index (χ3v) is 4.29. The maximum absolute atomic E-state index is 11.1. The number of hydrogen-bond acceptors (Lipinski definition) is 7. The lowest BCUT2D eigenvalue weighted by molar-refractivity contribution is 0.267. The molecule has 7 nitrogen and oxygen atoms in total. The fraction of sp³-hybridized carbons (Fsp3) is 0.467. The van der Waals surface area contributed by atoms with Crippen LogP contribution in [-0.2, 0) is 16.4 Å². The Morgan fingerprint density at radius 1 is 1.35 bits per heavy atom.